The molecule has 3 saturated carbocycles. The molecule has 0 radical (unpaired) electrons. The highest BCUT2D eigenvalue weighted by atomic mass is 16.5. The fourth-order valence-corrected chi connectivity index (χ4v) is 8.27. The van der Waals surface area contributed by atoms with Crippen LogP contribution in [0.3, 0.4) is 0 Å². The van der Waals surface area contributed by atoms with Crippen molar-refractivity contribution in [2.24, 2.45) is 34.5 Å². The van der Waals surface area contributed by atoms with Crippen molar-refractivity contribution in [1.82, 2.24) is 0 Å². The molecule has 0 amide bonds. The van der Waals surface area contributed by atoms with Crippen molar-refractivity contribution in [2.75, 3.05) is 13.2 Å². The van der Waals surface area contributed by atoms with Gasteiger partial charge in [0.25, 0.3) is 0 Å². The summed E-state index contributed by atoms with van der Waals surface area (Å²) >= 11 is 0. The van der Waals surface area contributed by atoms with Crippen LogP contribution in [0.15, 0.2) is 35.6 Å². The van der Waals surface area contributed by atoms with Crippen LogP contribution in [0.1, 0.15) is 86.0 Å². The number of carbonyl (C=O) groups is 2. The van der Waals surface area contributed by atoms with Gasteiger partial charge in [0, 0.05) is 25.3 Å². The maximum Gasteiger partial charge on any atom is 0.330 e. The molecule has 4 aliphatic rings. The highest BCUT2D eigenvalue weighted by molar-refractivity contribution is 5.82. The summed E-state index contributed by atoms with van der Waals surface area (Å²) in [6.45, 7) is 11.4. The van der Waals surface area contributed by atoms with Crippen molar-refractivity contribution in [3.63, 3.8) is 0 Å². The van der Waals surface area contributed by atoms with E-state index in [-0.39, 0.29) is 28.9 Å². The lowest BCUT2D eigenvalue weighted by atomic mass is 9.47. The summed E-state index contributed by atoms with van der Waals surface area (Å²) in [5.41, 5.74) is 1.99. The third-order valence-electron chi connectivity index (χ3n) is 9.83. The second kappa shape index (κ2) is 10.5. The summed E-state index contributed by atoms with van der Waals surface area (Å²) in [6, 6.07) is 0. The topological polar surface area (TPSA) is 61.8 Å². The first-order valence-corrected chi connectivity index (χ1v) is 13.8. The fourth-order valence-electron chi connectivity index (χ4n) is 8.27. The first-order chi connectivity index (χ1) is 16.7. The lowest BCUT2D eigenvalue weighted by Gasteiger charge is -2.58. The average molecular weight is 485 g/mol. The second-order valence-corrected chi connectivity index (χ2v) is 11.5. The molecule has 0 saturated heterocycles. The Morgan fingerprint density at radius 2 is 1.80 bits per heavy atom. The molecule has 0 aliphatic heterocycles. The van der Waals surface area contributed by atoms with Crippen LogP contribution in [0, 0.1) is 34.5 Å². The van der Waals surface area contributed by atoms with Crippen LogP contribution in [-0.2, 0) is 23.8 Å². The van der Waals surface area contributed by atoms with Crippen LogP contribution in [0.25, 0.3) is 0 Å². The molecule has 0 spiro atoms. The van der Waals surface area contributed by atoms with Gasteiger partial charge in [-0.25, -0.2) is 4.79 Å². The smallest absolute Gasteiger partial charge is 0.330 e. The minimum Gasteiger partial charge on any atom is -0.498 e. The zero-order valence-electron chi connectivity index (χ0n) is 22.3. The minimum atomic E-state index is -0.308. The lowest BCUT2D eigenvalue weighted by Crippen LogP contribution is -2.50. The van der Waals surface area contributed by atoms with E-state index in [0.717, 1.165) is 37.9 Å². The van der Waals surface area contributed by atoms with E-state index in [2.05, 4.69) is 19.9 Å². The lowest BCUT2D eigenvalue weighted by molar-refractivity contribution is -0.148. The third kappa shape index (κ3) is 4.97. The molecule has 5 heteroatoms. The van der Waals surface area contributed by atoms with E-state index in [1.54, 1.807) is 6.08 Å². The molecule has 0 aromatic carbocycles. The molecule has 4 rings (SSSR count). The normalized spacial score (nSPS) is 38.7. The van der Waals surface area contributed by atoms with Crippen molar-refractivity contribution in [3.05, 3.63) is 35.6 Å². The number of hydrogen-bond acceptors (Lipinski definition) is 5. The Kier molecular flexibility index (Phi) is 7.83. The number of allylic oxidation sites excluding steroid dienone is 4. The van der Waals surface area contributed by atoms with Crippen LogP contribution in [-0.4, -0.2) is 31.3 Å². The quantitative estimate of drug-likeness (QED) is 0.135. The van der Waals surface area contributed by atoms with Gasteiger partial charge in [-0.05, 0) is 93.5 Å². The van der Waals surface area contributed by atoms with Crippen molar-refractivity contribution < 1.29 is 23.8 Å². The number of hydrogen-bond donors (Lipinski definition) is 0. The van der Waals surface area contributed by atoms with Crippen LogP contribution in [0.2, 0.25) is 0 Å². The molecule has 0 N–H and O–H groups in total. The molecule has 0 bridgehead atoms. The Labute approximate surface area is 211 Å². The van der Waals surface area contributed by atoms with Crippen LogP contribution in [0.4, 0.5) is 0 Å². The summed E-state index contributed by atoms with van der Waals surface area (Å²) in [4.78, 5) is 23.3. The van der Waals surface area contributed by atoms with Crippen molar-refractivity contribution >= 4 is 11.9 Å². The van der Waals surface area contributed by atoms with E-state index in [0.29, 0.717) is 36.9 Å². The zero-order valence-corrected chi connectivity index (χ0v) is 22.3. The van der Waals surface area contributed by atoms with E-state index < -0.39 is 0 Å². The van der Waals surface area contributed by atoms with Gasteiger partial charge in [0.1, 0.15) is 6.10 Å². The number of fused-ring (bicyclic) bond motifs is 5. The minimum absolute atomic E-state index is 0.0506. The number of ether oxygens (including phenoxy) is 3. The second-order valence-electron chi connectivity index (χ2n) is 11.5. The van der Waals surface area contributed by atoms with Crippen molar-refractivity contribution in [1.29, 1.82) is 0 Å². The molecule has 5 nitrogen and oxygen atoms in total. The average Bonchev–Trinajstić information content (AvgIpc) is 3.16. The summed E-state index contributed by atoms with van der Waals surface area (Å²) in [6.07, 6.45) is 16.9. The van der Waals surface area contributed by atoms with Gasteiger partial charge in [-0.1, -0.05) is 31.6 Å². The molecule has 0 aromatic rings. The Balaban J connectivity index is 1.53. The highest BCUT2D eigenvalue weighted by Gasteiger charge is 2.59. The maximum absolute atomic E-state index is 11.8. The molecule has 0 heterocycles. The summed E-state index contributed by atoms with van der Waals surface area (Å²) in [5, 5.41) is 0. The van der Waals surface area contributed by atoms with Gasteiger partial charge in [0.2, 0.25) is 0 Å². The molecular weight excluding hydrogens is 440 g/mol. The van der Waals surface area contributed by atoms with Crippen LogP contribution >= 0.6 is 0 Å². The van der Waals surface area contributed by atoms with E-state index in [1.807, 2.05) is 19.9 Å². The molecule has 35 heavy (non-hydrogen) atoms. The van der Waals surface area contributed by atoms with Gasteiger partial charge in [-0.2, -0.15) is 0 Å². The van der Waals surface area contributed by atoms with E-state index in [4.69, 9.17) is 14.2 Å². The van der Waals surface area contributed by atoms with Crippen LogP contribution < -0.4 is 0 Å². The Morgan fingerprint density at radius 3 is 2.51 bits per heavy atom. The highest BCUT2D eigenvalue weighted by Crippen LogP contribution is 2.67. The standard InChI is InChI=1S/C30H44O5/c1-6-33-27(9-8-10-28(32)34-7-2)26-14-13-24-23-12-11-21-19-22(35-20(3)31)15-17-29(21,4)25(23)16-18-30(24,26)5/h8-11,22-26H,6-7,12-19H2,1-5H3/b10-8+,27-9-. The molecule has 0 aromatic heterocycles. The summed E-state index contributed by atoms with van der Waals surface area (Å²) < 4.78 is 16.8. The SMILES string of the molecule is CCOC(=O)/C=C/C=C(\OCC)C1CCC2C3CC=C4CC(OC(C)=O)CCC4(C)C3CCC12C. The molecule has 4 aliphatic carbocycles. The van der Waals surface area contributed by atoms with Gasteiger partial charge >= 0.3 is 11.9 Å². The predicted octanol–water partition coefficient (Wildman–Crippen LogP) is 6.54. The Morgan fingerprint density at radius 1 is 1.03 bits per heavy atom. The molecule has 7 unspecified atom stereocenters. The first kappa shape index (κ1) is 26.0. The van der Waals surface area contributed by atoms with E-state index in [9.17, 15) is 9.59 Å². The van der Waals surface area contributed by atoms with Crippen molar-refractivity contribution in [3.8, 4) is 0 Å². The maximum atomic E-state index is 11.8. The Hall–Kier alpha value is -2.04. The molecule has 7 atom stereocenters. The number of carbonyl (C=O) groups excluding carboxylic acids is 2. The molecular formula is C30H44O5. The van der Waals surface area contributed by atoms with E-state index in [1.165, 1.54) is 37.8 Å². The number of esters is 2. The largest absolute Gasteiger partial charge is 0.498 e. The van der Waals surface area contributed by atoms with Crippen molar-refractivity contribution in [2.45, 2.75) is 92.1 Å². The van der Waals surface area contributed by atoms with Gasteiger partial charge in [-0.3, -0.25) is 4.79 Å². The first-order valence-electron chi connectivity index (χ1n) is 13.8. The van der Waals surface area contributed by atoms with Gasteiger partial charge in [0.15, 0.2) is 0 Å². The summed E-state index contributed by atoms with van der Waals surface area (Å²) in [7, 11) is 0. The summed E-state index contributed by atoms with van der Waals surface area (Å²) in [5.74, 6) is 3.04. The van der Waals surface area contributed by atoms with Gasteiger partial charge in [-0.15, -0.1) is 0 Å². The van der Waals surface area contributed by atoms with Crippen LogP contribution in [0.5, 0.6) is 0 Å². The van der Waals surface area contributed by atoms with E-state index >= 15 is 0 Å². The zero-order chi connectivity index (χ0) is 25.2. The molecule has 194 valence electrons. The predicted molar refractivity (Wildman–Crippen MR) is 136 cm³/mol. The molecule has 3 fully saturated rings. The van der Waals surface area contributed by atoms with Gasteiger partial charge in [0.05, 0.1) is 19.0 Å². The van der Waals surface area contributed by atoms with Gasteiger partial charge < -0.3 is 14.2 Å². The monoisotopic (exact) mass is 484 g/mol. The Bertz CT molecular complexity index is 900. The fraction of sp³-hybridized carbons (Fsp3) is 0.733. The third-order valence-corrected chi connectivity index (χ3v) is 9.83. The number of rotatable bonds is 7.